The molecule has 5 nitrogen and oxygen atoms in total. The van der Waals surface area contributed by atoms with Crippen LogP contribution < -0.4 is 15.6 Å². The van der Waals surface area contributed by atoms with E-state index in [1.54, 1.807) is 19.1 Å². The maximum atomic E-state index is 14.0. The predicted octanol–water partition coefficient (Wildman–Crippen LogP) is 2.89. The monoisotopic (exact) mass is 372 g/mol. The molecule has 2 atom stereocenters. The second-order valence-corrected chi connectivity index (χ2v) is 8.75. The molecular weight excluding hydrogens is 343 g/mol. The first kappa shape index (κ1) is 20.1. The molecule has 1 fully saturated rings. The number of hydrogen-bond donors (Lipinski definition) is 2. The van der Waals surface area contributed by atoms with Crippen molar-refractivity contribution in [1.29, 1.82) is 0 Å². The molecule has 1 aliphatic carbocycles. The van der Waals surface area contributed by atoms with Gasteiger partial charge in [0.15, 0.2) is 11.6 Å². The van der Waals surface area contributed by atoms with Crippen molar-refractivity contribution in [3.8, 4) is 5.75 Å². The molecule has 0 heterocycles. The Hall–Kier alpha value is -1.18. The number of rotatable bonds is 11. The lowest BCUT2D eigenvalue weighted by atomic mass is 9.94. The van der Waals surface area contributed by atoms with Crippen molar-refractivity contribution in [1.82, 2.24) is 0 Å². The van der Waals surface area contributed by atoms with Crippen molar-refractivity contribution >= 4 is 10.0 Å². The molecule has 0 bridgehead atoms. The summed E-state index contributed by atoms with van der Waals surface area (Å²) in [6.07, 6.45) is 5.25. The predicted molar refractivity (Wildman–Crippen MR) is 97.5 cm³/mol. The van der Waals surface area contributed by atoms with Crippen LogP contribution in [-0.4, -0.2) is 26.8 Å². The van der Waals surface area contributed by atoms with E-state index >= 15 is 0 Å². The van der Waals surface area contributed by atoms with E-state index in [2.05, 4.69) is 0 Å². The molecule has 0 aliphatic heterocycles. The van der Waals surface area contributed by atoms with E-state index in [1.165, 1.54) is 18.9 Å². The molecule has 0 spiro atoms. The third-order valence-corrected chi connectivity index (χ3v) is 6.37. The van der Waals surface area contributed by atoms with E-state index in [9.17, 15) is 12.8 Å². The van der Waals surface area contributed by atoms with Gasteiger partial charge in [-0.15, -0.1) is 0 Å². The maximum absolute atomic E-state index is 14.0. The molecule has 7 heteroatoms. The van der Waals surface area contributed by atoms with E-state index in [-0.39, 0.29) is 11.7 Å². The molecule has 2 rings (SSSR count). The number of ether oxygens (including phenoxy) is 1. The summed E-state index contributed by atoms with van der Waals surface area (Å²) in [5.41, 5.74) is 6.20. The van der Waals surface area contributed by atoms with Crippen molar-refractivity contribution in [2.75, 3.05) is 13.2 Å². The summed E-state index contributed by atoms with van der Waals surface area (Å²) in [6.45, 7) is 2.80. The van der Waals surface area contributed by atoms with Crippen LogP contribution in [0.25, 0.3) is 0 Å². The molecule has 0 aromatic heterocycles. The first-order valence-electron chi connectivity index (χ1n) is 8.97. The lowest BCUT2D eigenvalue weighted by molar-refractivity contribution is 0.287. The molecule has 1 saturated carbocycles. The quantitative estimate of drug-likeness (QED) is 0.584. The average Bonchev–Trinajstić information content (AvgIpc) is 3.36. The normalized spacial score (nSPS) is 17.3. The minimum atomic E-state index is -3.71. The fraction of sp³-hybridized carbons (Fsp3) is 0.667. The first-order chi connectivity index (χ1) is 11.8. The number of unbranched alkanes of at least 4 members (excludes halogenated alkanes) is 1. The summed E-state index contributed by atoms with van der Waals surface area (Å²) in [6, 6.07) is 4.54. The van der Waals surface area contributed by atoms with Gasteiger partial charge in [-0.25, -0.2) is 17.9 Å². The van der Waals surface area contributed by atoms with Gasteiger partial charge in [-0.1, -0.05) is 32.3 Å². The van der Waals surface area contributed by atoms with Crippen LogP contribution in [-0.2, 0) is 10.0 Å². The summed E-state index contributed by atoms with van der Waals surface area (Å²) >= 11 is 0. The standard InChI is InChI=1S/C18H29FN2O3S/c1-13(18(25(21,22)23)4-2-3-10-20)15-7-8-16(19)17(12-15)24-11-9-14-5-6-14/h7-8,12-14,18H,2-6,9-11,20H2,1H3,(H2,21,22,23). The molecule has 2 unspecified atom stereocenters. The van der Waals surface area contributed by atoms with Gasteiger partial charge in [0.05, 0.1) is 11.9 Å². The highest BCUT2D eigenvalue weighted by molar-refractivity contribution is 7.89. The molecule has 142 valence electrons. The van der Waals surface area contributed by atoms with Crippen LogP contribution in [0.1, 0.15) is 56.9 Å². The molecule has 4 N–H and O–H groups in total. The summed E-state index contributed by atoms with van der Waals surface area (Å²) in [7, 11) is -3.71. The van der Waals surface area contributed by atoms with Crippen molar-refractivity contribution in [3.05, 3.63) is 29.6 Å². The highest BCUT2D eigenvalue weighted by Crippen LogP contribution is 2.33. The van der Waals surface area contributed by atoms with Gasteiger partial charge in [0.2, 0.25) is 10.0 Å². The Morgan fingerprint density at radius 2 is 2.04 bits per heavy atom. The Labute approximate surface area is 150 Å². The van der Waals surface area contributed by atoms with Crippen molar-refractivity contribution in [2.45, 2.75) is 56.6 Å². The van der Waals surface area contributed by atoms with Gasteiger partial charge in [-0.2, -0.15) is 0 Å². The molecule has 1 aromatic rings. The topological polar surface area (TPSA) is 95.4 Å². The highest BCUT2D eigenvalue weighted by Gasteiger charge is 2.29. The van der Waals surface area contributed by atoms with Crippen LogP contribution in [0.3, 0.4) is 0 Å². The number of nitrogens with two attached hydrogens (primary N) is 2. The zero-order valence-electron chi connectivity index (χ0n) is 14.8. The summed E-state index contributed by atoms with van der Waals surface area (Å²) in [5.74, 6) is 0.112. The van der Waals surface area contributed by atoms with Gasteiger partial charge >= 0.3 is 0 Å². The van der Waals surface area contributed by atoms with Gasteiger partial charge in [0.25, 0.3) is 0 Å². The lowest BCUT2D eigenvalue weighted by Crippen LogP contribution is -2.33. The highest BCUT2D eigenvalue weighted by atomic mass is 32.2. The molecular formula is C18H29FN2O3S. The van der Waals surface area contributed by atoms with Crippen LogP contribution in [0.15, 0.2) is 18.2 Å². The smallest absolute Gasteiger partial charge is 0.212 e. The van der Waals surface area contributed by atoms with Gasteiger partial charge in [-0.05, 0) is 55.3 Å². The zero-order valence-corrected chi connectivity index (χ0v) is 15.6. The SMILES string of the molecule is CC(c1ccc(F)c(OCCC2CC2)c1)C(CCCCN)S(N)(=O)=O. The summed E-state index contributed by atoms with van der Waals surface area (Å²) in [5, 5.41) is 4.71. The molecule has 25 heavy (non-hydrogen) atoms. The average molecular weight is 373 g/mol. The second kappa shape index (κ2) is 8.96. The van der Waals surface area contributed by atoms with E-state index in [4.69, 9.17) is 15.6 Å². The number of benzene rings is 1. The van der Waals surface area contributed by atoms with Crippen molar-refractivity contribution in [3.63, 3.8) is 0 Å². The van der Waals surface area contributed by atoms with E-state index < -0.39 is 21.1 Å². The third kappa shape index (κ3) is 6.24. The number of hydrogen-bond acceptors (Lipinski definition) is 4. The maximum Gasteiger partial charge on any atom is 0.212 e. The fourth-order valence-electron chi connectivity index (χ4n) is 3.06. The van der Waals surface area contributed by atoms with Gasteiger partial charge < -0.3 is 10.5 Å². The van der Waals surface area contributed by atoms with Gasteiger partial charge in [0, 0.05) is 0 Å². The Morgan fingerprint density at radius 1 is 1.32 bits per heavy atom. The number of primary sulfonamides is 1. The van der Waals surface area contributed by atoms with E-state index in [1.807, 2.05) is 0 Å². The lowest BCUT2D eigenvalue weighted by Gasteiger charge is -2.23. The Bertz CT molecular complexity index is 662. The third-order valence-electron chi connectivity index (χ3n) is 4.88. The fourth-order valence-corrected chi connectivity index (χ4v) is 4.28. The van der Waals surface area contributed by atoms with Crippen LogP contribution >= 0.6 is 0 Å². The number of halogens is 1. The molecule has 0 amide bonds. The van der Waals surface area contributed by atoms with Crippen LogP contribution in [0, 0.1) is 11.7 Å². The van der Waals surface area contributed by atoms with Gasteiger partial charge in [0.1, 0.15) is 0 Å². The first-order valence-corrected chi connectivity index (χ1v) is 10.6. The largest absolute Gasteiger partial charge is 0.490 e. The second-order valence-electron chi connectivity index (χ2n) is 6.97. The summed E-state index contributed by atoms with van der Waals surface area (Å²) in [4.78, 5) is 0. The Balaban J connectivity index is 2.09. The Kier molecular flexibility index (Phi) is 7.22. The van der Waals surface area contributed by atoms with Crippen molar-refractivity contribution < 1.29 is 17.5 Å². The molecule has 0 saturated heterocycles. The van der Waals surface area contributed by atoms with E-state index in [0.717, 1.165) is 18.4 Å². The minimum Gasteiger partial charge on any atom is -0.490 e. The van der Waals surface area contributed by atoms with Crippen LogP contribution in [0.4, 0.5) is 4.39 Å². The summed E-state index contributed by atoms with van der Waals surface area (Å²) < 4.78 is 43.5. The van der Waals surface area contributed by atoms with Crippen molar-refractivity contribution in [2.24, 2.45) is 16.8 Å². The minimum absolute atomic E-state index is 0.181. The van der Waals surface area contributed by atoms with E-state index in [0.29, 0.717) is 31.9 Å². The molecule has 1 aromatic carbocycles. The van der Waals surface area contributed by atoms with Crippen LogP contribution in [0.2, 0.25) is 0 Å². The molecule has 0 radical (unpaired) electrons. The van der Waals surface area contributed by atoms with Gasteiger partial charge in [-0.3, -0.25) is 0 Å². The van der Waals surface area contributed by atoms with Crippen LogP contribution in [0.5, 0.6) is 5.75 Å². The molecule has 1 aliphatic rings. The number of sulfonamides is 1. The zero-order chi connectivity index (χ0) is 18.4. The Morgan fingerprint density at radius 3 is 2.64 bits per heavy atom.